The lowest BCUT2D eigenvalue weighted by Gasteiger charge is -2.16. The van der Waals surface area contributed by atoms with Gasteiger partial charge in [0, 0.05) is 6.61 Å². The molecule has 0 N–H and O–H groups in total. The number of ether oxygens (including phenoxy) is 1. The summed E-state index contributed by atoms with van der Waals surface area (Å²) in [6.07, 6.45) is 0. The molecule has 0 aromatic rings. The fourth-order valence-corrected chi connectivity index (χ4v) is 1.20. The van der Waals surface area contributed by atoms with E-state index in [-0.39, 0.29) is 0 Å². The second kappa shape index (κ2) is 4.88. The zero-order valence-corrected chi connectivity index (χ0v) is 8.14. The summed E-state index contributed by atoms with van der Waals surface area (Å²) >= 11 is 0. The second-order valence-corrected chi connectivity index (χ2v) is 7.59. The van der Waals surface area contributed by atoms with Gasteiger partial charge < -0.3 is 9.16 Å². The third-order valence-electron chi connectivity index (χ3n) is 0.907. The Kier molecular flexibility index (Phi) is 4.94. The molecule has 0 saturated carbocycles. The third-order valence-corrected chi connectivity index (χ3v) is 1.98. The van der Waals surface area contributed by atoms with Crippen molar-refractivity contribution in [1.82, 2.24) is 0 Å². The molecule has 0 aromatic heterocycles. The fourth-order valence-electron chi connectivity index (χ4n) is 0.509. The zero-order chi connectivity index (χ0) is 8.04. The highest BCUT2D eigenvalue weighted by Crippen LogP contribution is 2.01. The lowest BCUT2D eigenvalue weighted by molar-refractivity contribution is 0.117. The van der Waals surface area contributed by atoms with Gasteiger partial charge in [-0.3, -0.25) is 0 Å². The monoisotopic (exact) mass is 161 g/mol. The van der Waals surface area contributed by atoms with Gasteiger partial charge in [0.15, 0.2) is 8.32 Å². The molecule has 0 atom stereocenters. The van der Waals surface area contributed by atoms with Crippen molar-refractivity contribution in [3.63, 3.8) is 0 Å². The topological polar surface area (TPSA) is 18.5 Å². The molecular formula is C7H17O2Si. The molecule has 10 heavy (non-hydrogen) atoms. The molecule has 0 spiro atoms. The van der Waals surface area contributed by atoms with Crippen LogP contribution in [-0.2, 0) is 9.16 Å². The van der Waals surface area contributed by atoms with Crippen LogP contribution in [0.25, 0.3) is 0 Å². The van der Waals surface area contributed by atoms with Gasteiger partial charge in [0.2, 0.25) is 0 Å². The van der Waals surface area contributed by atoms with E-state index in [1.165, 1.54) is 0 Å². The summed E-state index contributed by atoms with van der Waals surface area (Å²) in [4.78, 5) is 0. The van der Waals surface area contributed by atoms with Crippen molar-refractivity contribution in [2.75, 3.05) is 19.8 Å². The minimum atomic E-state index is -1.31. The average molecular weight is 161 g/mol. The largest absolute Gasteiger partial charge is 0.415 e. The second-order valence-electron chi connectivity index (χ2n) is 3.07. The Morgan fingerprint density at radius 1 is 1.20 bits per heavy atom. The van der Waals surface area contributed by atoms with Crippen molar-refractivity contribution in [2.45, 2.75) is 19.6 Å². The third kappa shape index (κ3) is 8.14. The summed E-state index contributed by atoms with van der Waals surface area (Å²) in [6.45, 7) is 12.0. The van der Waals surface area contributed by atoms with Crippen LogP contribution in [0.2, 0.25) is 19.6 Å². The lowest BCUT2D eigenvalue weighted by atomic mass is 10.8. The molecule has 0 aliphatic rings. The van der Waals surface area contributed by atoms with Gasteiger partial charge in [-0.2, -0.15) is 0 Å². The van der Waals surface area contributed by atoms with Gasteiger partial charge >= 0.3 is 0 Å². The van der Waals surface area contributed by atoms with E-state index < -0.39 is 8.32 Å². The maximum atomic E-state index is 5.52. The first-order valence-corrected chi connectivity index (χ1v) is 6.98. The van der Waals surface area contributed by atoms with Crippen LogP contribution in [0.1, 0.15) is 0 Å². The maximum Gasteiger partial charge on any atom is 0.183 e. The highest BCUT2D eigenvalue weighted by Gasteiger charge is 2.12. The number of hydrogen-bond donors (Lipinski definition) is 0. The molecule has 0 unspecified atom stereocenters. The fraction of sp³-hybridized carbons (Fsp3) is 0.857. The van der Waals surface area contributed by atoms with Crippen molar-refractivity contribution in [3.05, 3.63) is 6.92 Å². The molecule has 0 saturated heterocycles. The molecular weight excluding hydrogens is 144 g/mol. The van der Waals surface area contributed by atoms with Gasteiger partial charge in [-0.1, -0.05) is 0 Å². The van der Waals surface area contributed by atoms with Crippen LogP contribution in [0, 0.1) is 6.92 Å². The molecule has 0 fully saturated rings. The van der Waals surface area contributed by atoms with Crippen molar-refractivity contribution < 1.29 is 9.16 Å². The van der Waals surface area contributed by atoms with Gasteiger partial charge in [-0.25, -0.2) is 0 Å². The van der Waals surface area contributed by atoms with Crippen molar-refractivity contribution >= 4 is 8.32 Å². The quantitative estimate of drug-likeness (QED) is 0.451. The van der Waals surface area contributed by atoms with Crippen LogP contribution in [0.15, 0.2) is 0 Å². The molecule has 0 heterocycles. The summed E-state index contributed by atoms with van der Waals surface area (Å²) in [5, 5.41) is 0. The minimum absolute atomic E-state index is 0.537. The maximum absolute atomic E-state index is 5.52. The minimum Gasteiger partial charge on any atom is -0.415 e. The first-order chi connectivity index (χ1) is 4.56. The first-order valence-electron chi connectivity index (χ1n) is 3.57. The van der Waals surface area contributed by atoms with E-state index in [0.29, 0.717) is 19.8 Å². The molecule has 0 bridgehead atoms. The summed E-state index contributed by atoms with van der Waals surface area (Å²) in [5.41, 5.74) is 0. The van der Waals surface area contributed by atoms with Crippen LogP contribution in [0.5, 0.6) is 0 Å². The van der Waals surface area contributed by atoms with E-state index in [0.717, 1.165) is 0 Å². The van der Waals surface area contributed by atoms with E-state index in [2.05, 4.69) is 26.6 Å². The lowest BCUT2D eigenvalue weighted by Crippen LogP contribution is -2.27. The molecule has 0 aliphatic heterocycles. The highest BCUT2D eigenvalue weighted by molar-refractivity contribution is 6.69. The Morgan fingerprint density at radius 2 is 1.80 bits per heavy atom. The van der Waals surface area contributed by atoms with Gasteiger partial charge in [0.25, 0.3) is 0 Å². The van der Waals surface area contributed by atoms with E-state index >= 15 is 0 Å². The van der Waals surface area contributed by atoms with Gasteiger partial charge in [-0.15, -0.1) is 0 Å². The predicted molar refractivity (Wildman–Crippen MR) is 45.5 cm³/mol. The Morgan fingerprint density at radius 3 is 2.20 bits per heavy atom. The first kappa shape index (κ1) is 10.1. The number of hydrogen-bond acceptors (Lipinski definition) is 2. The number of rotatable bonds is 5. The highest BCUT2D eigenvalue weighted by atomic mass is 28.4. The Balaban J connectivity index is 3.04. The predicted octanol–water partition coefficient (Wildman–Crippen LogP) is 1.69. The zero-order valence-electron chi connectivity index (χ0n) is 7.14. The standard InChI is InChI=1S/C7H17O2Si/c1-5-8-6-7-9-10(2,3)4/h1,5-7H2,2-4H3. The normalized spacial score (nSPS) is 12.0. The van der Waals surface area contributed by atoms with E-state index in [1.54, 1.807) is 0 Å². The summed E-state index contributed by atoms with van der Waals surface area (Å²) in [5.74, 6) is 0. The molecule has 0 aromatic carbocycles. The molecule has 2 nitrogen and oxygen atoms in total. The average Bonchev–Trinajstić information content (AvgIpc) is 1.78. The molecule has 0 aliphatic carbocycles. The molecule has 0 rings (SSSR count). The van der Waals surface area contributed by atoms with Crippen LogP contribution in [0.4, 0.5) is 0 Å². The molecule has 1 radical (unpaired) electrons. The van der Waals surface area contributed by atoms with Crippen LogP contribution in [0.3, 0.4) is 0 Å². The molecule has 3 heteroatoms. The van der Waals surface area contributed by atoms with Gasteiger partial charge in [-0.05, 0) is 26.6 Å². The molecule has 0 amide bonds. The van der Waals surface area contributed by atoms with Gasteiger partial charge in [0.05, 0.1) is 13.2 Å². The summed E-state index contributed by atoms with van der Waals surface area (Å²) in [7, 11) is -1.31. The Hall–Kier alpha value is 0.137. The van der Waals surface area contributed by atoms with Crippen LogP contribution < -0.4 is 0 Å². The summed E-state index contributed by atoms with van der Waals surface area (Å²) in [6, 6.07) is 0. The van der Waals surface area contributed by atoms with Crippen molar-refractivity contribution in [3.8, 4) is 0 Å². The Labute approximate surface area is 64.7 Å². The Bertz CT molecular complexity index is 78.2. The smallest absolute Gasteiger partial charge is 0.183 e. The van der Waals surface area contributed by atoms with E-state index in [1.807, 2.05) is 0 Å². The van der Waals surface area contributed by atoms with Crippen molar-refractivity contribution in [1.29, 1.82) is 0 Å². The van der Waals surface area contributed by atoms with Gasteiger partial charge in [0.1, 0.15) is 0 Å². The van der Waals surface area contributed by atoms with E-state index in [4.69, 9.17) is 9.16 Å². The van der Waals surface area contributed by atoms with Crippen molar-refractivity contribution in [2.24, 2.45) is 0 Å². The molecule has 61 valence electrons. The SMILES string of the molecule is [CH2]COCCO[Si](C)(C)C. The van der Waals surface area contributed by atoms with Crippen LogP contribution >= 0.6 is 0 Å². The van der Waals surface area contributed by atoms with E-state index in [9.17, 15) is 0 Å². The summed E-state index contributed by atoms with van der Waals surface area (Å²) < 4.78 is 10.5. The van der Waals surface area contributed by atoms with Crippen LogP contribution in [-0.4, -0.2) is 28.1 Å².